The van der Waals surface area contributed by atoms with Crippen LogP contribution in [0.1, 0.15) is 0 Å². The van der Waals surface area contributed by atoms with E-state index in [4.69, 9.17) is 9.15 Å². The lowest BCUT2D eigenvalue weighted by molar-refractivity contribution is 0.406. The molecule has 1 aromatic heterocycles. The molecule has 4 nitrogen and oxygen atoms in total. The number of ether oxygens (including phenoxy) is 1. The van der Waals surface area contributed by atoms with Gasteiger partial charge in [0.15, 0.2) is 0 Å². The monoisotopic (exact) mass is 269 g/mol. The van der Waals surface area contributed by atoms with Crippen molar-refractivity contribution >= 4 is 11.0 Å². The highest BCUT2D eigenvalue weighted by molar-refractivity contribution is 5.86. The minimum absolute atomic E-state index is 0.0384. The number of rotatable bonds is 2. The van der Waals surface area contributed by atoms with Crippen molar-refractivity contribution in [2.45, 2.75) is 0 Å². The molecule has 0 saturated heterocycles. The molecule has 2 aromatic carbocycles. The zero-order chi connectivity index (χ0) is 14.1. The van der Waals surface area contributed by atoms with Crippen molar-refractivity contribution in [3.05, 3.63) is 48.5 Å². The fourth-order valence-corrected chi connectivity index (χ4v) is 2.10. The lowest BCUT2D eigenvalue weighted by Crippen LogP contribution is -1.86. The summed E-state index contributed by atoms with van der Waals surface area (Å²) in [7, 11) is 1.57. The summed E-state index contributed by atoms with van der Waals surface area (Å²) in [5, 5.41) is 20.2. The van der Waals surface area contributed by atoms with Crippen molar-refractivity contribution < 1.29 is 19.4 Å². The van der Waals surface area contributed by atoms with Crippen molar-refractivity contribution in [2.75, 3.05) is 7.11 Å². The molecule has 3 rings (SSSR count). The molecule has 4 heteroatoms. The molecule has 0 bridgehead atoms. The number of phenols is 1. The number of hydrogen-bond acceptors (Lipinski definition) is 3. The van der Waals surface area contributed by atoms with E-state index >= 15 is 0 Å². The highest BCUT2D eigenvalue weighted by atomic mass is 16.5. The fourth-order valence-electron chi connectivity index (χ4n) is 2.10. The molecule has 1 heterocycles. The summed E-state index contributed by atoms with van der Waals surface area (Å²) in [6.45, 7) is 0. The van der Waals surface area contributed by atoms with Crippen LogP contribution in [-0.2, 0) is 0 Å². The molecule has 2 N–H and O–H groups in total. The Labute approximate surface area is 115 Å². The first-order chi connectivity index (χ1) is 9.69. The predicted octanol–water partition coefficient (Wildman–Crippen LogP) is 3.80. The van der Waals surface area contributed by atoms with Gasteiger partial charge in [0.05, 0.1) is 18.1 Å². The van der Waals surface area contributed by atoms with Gasteiger partial charge in [0.25, 0.3) is 0 Å². The number of hydrogen-bond donors (Lipinski definition) is 2. The van der Waals surface area contributed by atoms with Crippen molar-refractivity contribution in [2.24, 2.45) is 0 Å². The third-order valence-corrected chi connectivity index (χ3v) is 3.09. The van der Waals surface area contributed by atoms with E-state index in [2.05, 4.69) is 0 Å². The van der Waals surface area contributed by atoms with Gasteiger partial charge in [0, 0.05) is 6.07 Å². The van der Waals surface area contributed by atoms with Crippen molar-refractivity contribution in [3.8, 4) is 28.6 Å². The number of phenolic OH excluding ortho intramolecular Hbond substituents is 1. The molecule has 0 aliphatic carbocycles. The van der Waals surface area contributed by atoms with Crippen LogP contribution in [0.4, 0.5) is 0 Å². The van der Waals surface area contributed by atoms with E-state index in [-0.39, 0.29) is 11.5 Å². The molecule has 0 radical (unpaired) electrons. The average molecular weight is 269 g/mol. The van der Waals surface area contributed by atoms with Crippen LogP contribution >= 0.6 is 0 Å². The van der Waals surface area contributed by atoms with Gasteiger partial charge < -0.3 is 14.9 Å². The second-order valence-corrected chi connectivity index (χ2v) is 4.39. The van der Waals surface area contributed by atoms with E-state index in [1.807, 2.05) is 12.1 Å². The summed E-state index contributed by atoms with van der Waals surface area (Å²) in [5.74, 6) is 1.13. The molecule has 0 aliphatic heterocycles. The van der Waals surface area contributed by atoms with Gasteiger partial charge in [0.2, 0.25) is 11.5 Å². The Hall–Kier alpha value is -2.75. The molecule has 0 saturated carbocycles. The number of aromatic hydroxyl groups is 2. The first-order valence-electron chi connectivity index (χ1n) is 6.11. The smallest absolute Gasteiger partial charge is 0.402 e. The van der Waals surface area contributed by atoms with Gasteiger partial charge in [0.1, 0.15) is 5.75 Å². The summed E-state index contributed by atoms with van der Waals surface area (Å²) in [6.07, 6.45) is 0. The second kappa shape index (κ2) is 4.74. The maximum absolute atomic E-state index is 10.1. The van der Waals surface area contributed by atoms with E-state index < -0.39 is 0 Å². The molecule has 20 heavy (non-hydrogen) atoms. The van der Waals surface area contributed by atoms with Crippen LogP contribution in [-0.4, -0.2) is 17.3 Å². The van der Waals surface area contributed by atoms with E-state index in [1.165, 1.54) is 12.1 Å². The molecule has 0 aliphatic rings. The van der Waals surface area contributed by atoms with E-state index in [0.717, 1.165) is 5.39 Å². The topological polar surface area (TPSA) is 61.0 Å². The average Bonchev–Trinajstić information content (AvgIpc) is 2.47. The summed E-state index contributed by atoms with van der Waals surface area (Å²) in [5.41, 5.74) is 1.24. The predicted molar refractivity (Wildman–Crippen MR) is 75.9 cm³/mol. The molecule has 0 amide bonds. The van der Waals surface area contributed by atoms with Gasteiger partial charge in [-0.1, -0.05) is 6.07 Å². The standard InChI is InChI=1S/C16H12O4/c1-19-14-4-2-3-11-9-13(18)15(20-16(11)14)10-5-7-12(17)8-6-10/h2-9H,1H3,(H-,17,18)/p+1. The van der Waals surface area contributed by atoms with Gasteiger partial charge in [-0.3, -0.25) is 0 Å². The molecule has 100 valence electrons. The molecule has 0 unspecified atom stereocenters. The van der Waals surface area contributed by atoms with E-state index in [0.29, 0.717) is 22.7 Å². The summed E-state index contributed by atoms with van der Waals surface area (Å²) in [6, 6.07) is 13.5. The Balaban J connectivity index is 2.25. The molecule has 0 fully saturated rings. The molecule has 0 atom stereocenters. The van der Waals surface area contributed by atoms with Gasteiger partial charge in [-0.05, 0) is 36.4 Å². The Morgan fingerprint density at radius 1 is 1.00 bits per heavy atom. The van der Waals surface area contributed by atoms with Crippen LogP contribution in [0.2, 0.25) is 0 Å². The number of para-hydroxylation sites is 1. The van der Waals surface area contributed by atoms with Crippen LogP contribution in [0, 0.1) is 0 Å². The van der Waals surface area contributed by atoms with Crippen molar-refractivity contribution in [3.63, 3.8) is 0 Å². The van der Waals surface area contributed by atoms with Crippen LogP contribution in [0.5, 0.6) is 17.2 Å². The van der Waals surface area contributed by atoms with E-state index in [9.17, 15) is 10.2 Å². The van der Waals surface area contributed by atoms with E-state index in [1.54, 1.807) is 31.4 Å². The molecular weight excluding hydrogens is 256 g/mol. The number of benzene rings is 2. The Morgan fingerprint density at radius 3 is 2.45 bits per heavy atom. The number of methoxy groups -OCH3 is 1. The third-order valence-electron chi connectivity index (χ3n) is 3.09. The largest absolute Gasteiger partial charge is 0.508 e. The van der Waals surface area contributed by atoms with Gasteiger partial charge >= 0.3 is 11.3 Å². The van der Waals surface area contributed by atoms with Crippen molar-refractivity contribution in [1.82, 2.24) is 0 Å². The van der Waals surface area contributed by atoms with Gasteiger partial charge in [-0.2, -0.15) is 4.42 Å². The first-order valence-corrected chi connectivity index (χ1v) is 6.11. The quantitative estimate of drug-likeness (QED) is 0.695. The Morgan fingerprint density at radius 2 is 1.75 bits per heavy atom. The normalized spacial score (nSPS) is 10.7. The first kappa shape index (κ1) is 12.3. The second-order valence-electron chi connectivity index (χ2n) is 4.39. The van der Waals surface area contributed by atoms with Crippen molar-refractivity contribution in [1.29, 1.82) is 0 Å². The molecule has 0 spiro atoms. The summed E-state index contributed by atoms with van der Waals surface area (Å²) >= 11 is 0. The lowest BCUT2D eigenvalue weighted by atomic mass is 10.1. The maximum Gasteiger partial charge on any atom is 0.402 e. The SMILES string of the molecule is COc1cccc2cc(O)c(-c3ccc(O)cc3)[o+]c12. The van der Waals surface area contributed by atoms with Crippen LogP contribution in [0.25, 0.3) is 22.3 Å². The maximum atomic E-state index is 10.1. The molecular formula is C16H13O4+. The van der Waals surface area contributed by atoms with Gasteiger partial charge in [-0.15, -0.1) is 0 Å². The Kier molecular flexibility index (Phi) is 2.91. The zero-order valence-corrected chi connectivity index (χ0v) is 10.8. The summed E-state index contributed by atoms with van der Waals surface area (Å²) in [4.78, 5) is 0. The van der Waals surface area contributed by atoms with Gasteiger partial charge in [-0.25, -0.2) is 0 Å². The molecule has 3 aromatic rings. The highest BCUT2D eigenvalue weighted by Crippen LogP contribution is 2.37. The van der Waals surface area contributed by atoms with Crippen LogP contribution in [0.15, 0.2) is 52.9 Å². The summed E-state index contributed by atoms with van der Waals surface area (Å²) < 4.78 is 11.0. The van der Waals surface area contributed by atoms with Crippen LogP contribution < -0.4 is 4.74 Å². The number of fused-ring (bicyclic) bond motifs is 1. The minimum Gasteiger partial charge on any atom is -0.508 e. The Bertz CT molecular complexity index is 763. The fraction of sp³-hybridized carbons (Fsp3) is 0.0625. The zero-order valence-electron chi connectivity index (χ0n) is 10.8. The lowest BCUT2D eigenvalue weighted by Gasteiger charge is -2.00. The third kappa shape index (κ3) is 2.01. The highest BCUT2D eigenvalue weighted by Gasteiger charge is 2.23. The minimum atomic E-state index is 0.0384. The van der Waals surface area contributed by atoms with Crippen LogP contribution in [0.3, 0.4) is 0 Å².